The summed E-state index contributed by atoms with van der Waals surface area (Å²) in [6, 6.07) is 15.4. The van der Waals surface area contributed by atoms with Crippen molar-refractivity contribution in [2.75, 3.05) is 18.5 Å². The van der Waals surface area contributed by atoms with E-state index >= 15 is 0 Å². The molecule has 112 valence electrons. The van der Waals surface area contributed by atoms with Crippen molar-refractivity contribution in [3.63, 3.8) is 0 Å². The van der Waals surface area contributed by atoms with Crippen LogP contribution in [0.2, 0.25) is 5.02 Å². The maximum atomic E-state index is 9.96. The molecule has 3 nitrogen and oxygen atoms in total. The average Bonchev–Trinajstić information content (AvgIpc) is 2.52. The van der Waals surface area contributed by atoms with Gasteiger partial charge in [-0.1, -0.05) is 42.8 Å². The minimum atomic E-state index is -0.605. The third-order valence-corrected chi connectivity index (χ3v) is 3.48. The molecule has 21 heavy (non-hydrogen) atoms. The molecule has 0 aromatic heterocycles. The number of aliphatic hydroxyl groups is 1. The summed E-state index contributed by atoms with van der Waals surface area (Å²) in [5.41, 5.74) is 2.03. The van der Waals surface area contributed by atoms with Gasteiger partial charge in [-0.2, -0.15) is 0 Å². The fourth-order valence-electron chi connectivity index (χ4n) is 1.94. The van der Waals surface area contributed by atoms with Crippen LogP contribution in [0.1, 0.15) is 12.5 Å². The van der Waals surface area contributed by atoms with E-state index in [1.165, 1.54) is 5.56 Å². The summed E-state index contributed by atoms with van der Waals surface area (Å²) < 4.78 is 5.61. The molecule has 0 spiro atoms. The first-order valence-electron chi connectivity index (χ1n) is 7.07. The first-order valence-corrected chi connectivity index (χ1v) is 7.45. The molecular weight excluding hydrogens is 286 g/mol. The molecule has 1 unspecified atom stereocenters. The van der Waals surface area contributed by atoms with Crippen LogP contribution in [0, 0.1) is 0 Å². The van der Waals surface area contributed by atoms with Crippen LogP contribution in [0.3, 0.4) is 0 Å². The van der Waals surface area contributed by atoms with Crippen LogP contribution < -0.4 is 10.1 Å². The van der Waals surface area contributed by atoms with E-state index in [2.05, 4.69) is 18.3 Å². The minimum Gasteiger partial charge on any atom is -0.491 e. The van der Waals surface area contributed by atoms with Crippen molar-refractivity contribution in [2.45, 2.75) is 19.4 Å². The summed E-state index contributed by atoms with van der Waals surface area (Å²) in [4.78, 5) is 0. The Bertz CT molecular complexity index is 574. The Kier molecular flexibility index (Phi) is 5.90. The zero-order valence-corrected chi connectivity index (χ0v) is 12.8. The van der Waals surface area contributed by atoms with Crippen LogP contribution in [-0.4, -0.2) is 24.4 Å². The molecule has 0 fully saturated rings. The third-order valence-electron chi connectivity index (χ3n) is 3.15. The number of nitrogens with one attached hydrogen (secondary N) is 1. The Morgan fingerprint density at radius 2 is 2.00 bits per heavy atom. The number of hydrogen-bond acceptors (Lipinski definition) is 3. The molecule has 2 aromatic carbocycles. The van der Waals surface area contributed by atoms with Crippen molar-refractivity contribution in [3.05, 3.63) is 59.1 Å². The quantitative estimate of drug-likeness (QED) is 0.818. The van der Waals surface area contributed by atoms with Gasteiger partial charge in [-0.25, -0.2) is 0 Å². The zero-order valence-electron chi connectivity index (χ0n) is 12.1. The molecule has 0 heterocycles. The molecule has 0 saturated carbocycles. The fraction of sp³-hybridized carbons (Fsp3) is 0.294. The Balaban J connectivity index is 1.79. The first-order chi connectivity index (χ1) is 10.2. The molecule has 0 aliphatic heterocycles. The van der Waals surface area contributed by atoms with Gasteiger partial charge in [0.2, 0.25) is 0 Å². The molecule has 0 saturated heterocycles. The summed E-state index contributed by atoms with van der Waals surface area (Å²) in [6.07, 6.45) is 0.361. The summed E-state index contributed by atoms with van der Waals surface area (Å²) in [7, 11) is 0. The Morgan fingerprint density at radius 1 is 1.19 bits per heavy atom. The van der Waals surface area contributed by atoms with Crippen molar-refractivity contribution in [3.8, 4) is 5.75 Å². The SMILES string of the molecule is CCc1cccc(OCC(O)CNc2ccccc2Cl)c1. The van der Waals surface area contributed by atoms with E-state index in [4.69, 9.17) is 16.3 Å². The second-order valence-electron chi connectivity index (χ2n) is 4.83. The van der Waals surface area contributed by atoms with Gasteiger partial charge in [-0.3, -0.25) is 0 Å². The molecule has 0 bridgehead atoms. The molecule has 0 radical (unpaired) electrons. The minimum absolute atomic E-state index is 0.241. The predicted octanol–water partition coefficient (Wildman–Crippen LogP) is 3.75. The van der Waals surface area contributed by atoms with Crippen molar-refractivity contribution in [2.24, 2.45) is 0 Å². The fourth-order valence-corrected chi connectivity index (χ4v) is 2.14. The van der Waals surface area contributed by atoms with Gasteiger partial charge in [0.25, 0.3) is 0 Å². The number of rotatable bonds is 7. The number of para-hydroxylation sites is 1. The zero-order chi connectivity index (χ0) is 15.1. The molecule has 4 heteroatoms. The number of aryl methyl sites for hydroxylation is 1. The van der Waals surface area contributed by atoms with Crippen molar-refractivity contribution < 1.29 is 9.84 Å². The standard InChI is InChI=1S/C17H20ClNO2/c1-2-13-6-5-7-15(10-13)21-12-14(20)11-19-17-9-4-3-8-16(17)18/h3-10,14,19-20H,2,11-12H2,1H3. The lowest BCUT2D eigenvalue weighted by Crippen LogP contribution is -2.26. The maximum absolute atomic E-state index is 9.96. The second kappa shape index (κ2) is 7.91. The molecule has 2 N–H and O–H groups in total. The first kappa shape index (κ1) is 15.7. The molecule has 0 aliphatic rings. The van der Waals surface area contributed by atoms with Gasteiger partial charge >= 0.3 is 0 Å². The summed E-state index contributed by atoms with van der Waals surface area (Å²) in [5.74, 6) is 0.783. The largest absolute Gasteiger partial charge is 0.491 e. The third kappa shape index (κ3) is 4.96. The lowest BCUT2D eigenvalue weighted by Gasteiger charge is -2.15. The van der Waals surface area contributed by atoms with E-state index in [-0.39, 0.29) is 6.61 Å². The van der Waals surface area contributed by atoms with Gasteiger partial charge in [-0.05, 0) is 36.2 Å². The van der Waals surface area contributed by atoms with E-state index in [9.17, 15) is 5.11 Å². The van der Waals surface area contributed by atoms with E-state index in [1.807, 2.05) is 42.5 Å². The molecule has 0 amide bonds. The van der Waals surface area contributed by atoms with Crippen LogP contribution in [0.4, 0.5) is 5.69 Å². The number of halogens is 1. The number of aliphatic hydroxyl groups excluding tert-OH is 1. The number of benzene rings is 2. The van der Waals surface area contributed by atoms with Crippen LogP contribution in [0.25, 0.3) is 0 Å². The highest BCUT2D eigenvalue weighted by molar-refractivity contribution is 6.33. The Hall–Kier alpha value is -1.71. The van der Waals surface area contributed by atoms with Gasteiger partial charge in [-0.15, -0.1) is 0 Å². The normalized spacial score (nSPS) is 12.0. The molecule has 2 rings (SSSR count). The van der Waals surface area contributed by atoms with Gasteiger partial charge in [0.1, 0.15) is 18.5 Å². The van der Waals surface area contributed by atoms with Crippen molar-refractivity contribution >= 4 is 17.3 Å². The van der Waals surface area contributed by atoms with E-state index < -0.39 is 6.10 Å². The number of anilines is 1. The van der Waals surface area contributed by atoms with Crippen LogP contribution in [0.15, 0.2) is 48.5 Å². The van der Waals surface area contributed by atoms with Gasteiger partial charge in [0.15, 0.2) is 0 Å². The molecule has 0 aliphatic carbocycles. The Morgan fingerprint density at radius 3 is 2.76 bits per heavy atom. The van der Waals surface area contributed by atoms with E-state index in [0.717, 1.165) is 17.9 Å². The monoisotopic (exact) mass is 305 g/mol. The van der Waals surface area contributed by atoms with E-state index in [1.54, 1.807) is 0 Å². The number of ether oxygens (including phenoxy) is 1. The van der Waals surface area contributed by atoms with Crippen molar-refractivity contribution in [1.82, 2.24) is 0 Å². The van der Waals surface area contributed by atoms with Gasteiger partial charge in [0.05, 0.1) is 10.7 Å². The Labute approximate surface area is 130 Å². The average molecular weight is 306 g/mol. The van der Waals surface area contributed by atoms with E-state index in [0.29, 0.717) is 11.6 Å². The van der Waals surface area contributed by atoms with Gasteiger partial charge in [0, 0.05) is 6.54 Å². The summed E-state index contributed by atoms with van der Waals surface area (Å²) >= 11 is 6.04. The highest BCUT2D eigenvalue weighted by Gasteiger charge is 2.07. The highest BCUT2D eigenvalue weighted by Crippen LogP contribution is 2.20. The summed E-state index contributed by atoms with van der Waals surface area (Å²) in [6.45, 7) is 2.73. The lowest BCUT2D eigenvalue weighted by molar-refractivity contribution is 0.117. The maximum Gasteiger partial charge on any atom is 0.119 e. The highest BCUT2D eigenvalue weighted by atomic mass is 35.5. The summed E-state index contributed by atoms with van der Waals surface area (Å²) in [5, 5.41) is 13.7. The molecule has 1 atom stereocenters. The lowest BCUT2D eigenvalue weighted by atomic mass is 10.2. The number of hydrogen-bond donors (Lipinski definition) is 2. The predicted molar refractivity (Wildman–Crippen MR) is 87.3 cm³/mol. The van der Waals surface area contributed by atoms with Crippen LogP contribution in [0.5, 0.6) is 5.75 Å². The van der Waals surface area contributed by atoms with Crippen LogP contribution in [-0.2, 0) is 6.42 Å². The molecule has 2 aromatic rings. The molecular formula is C17H20ClNO2. The topological polar surface area (TPSA) is 41.5 Å². The van der Waals surface area contributed by atoms with Crippen molar-refractivity contribution in [1.29, 1.82) is 0 Å². The smallest absolute Gasteiger partial charge is 0.119 e. The van der Waals surface area contributed by atoms with Gasteiger partial charge < -0.3 is 15.2 Å². The second-order valence-corrected chi connectivity index (χ2v) is 5.23. The van der Waals surface area contributed by atoms with Crippen LogP contribution >= 0.6 is 11.6 Å².